The first-order valence-corrected chi connectivity index (χ1v) is 11.9. The van der Waals surface area contributed by atoms with Crippen LogP contribution < -0.4 is 14.9 Å². The van der Waals surface area contributed by atoms with Gasteiger partial charge in [-0.2, -0.15) is 5.10 Å². The molecule has 3 rings (SSSR count). The number of esters is 1. The lowest BCUT2D eigenvalue weighted by Crippen LogP contribution is -2.16. The first-order chi connectivity index (χ1) is 15.3. The van der Waals surface area contributed by atoms with Gasteiger partial charge in [-0.05, 0) is 81.3 Å². The highest BCUT2D eigenvalue weighted by Crippen LogP contribution is 2.34. The average molecular weight is 680 g/mol. The van der Waals surface area contributed by atoms with E-state index in [-0.39, 0.29) is 12.4 Å². The van der Waals surface area contributed by atoms with Crippen LogP contribution >= 0.6 is 54.5 Å². The van der Waals surface area contributed by atoms with E-state index < -0.39 is 11.9 Å². The minimum absolute atomic E-state index is 0.132. The molecule has 1 amide bonds. The molecule has 1 aromatic heterocycles. The zero-order chi connectivity index (χ0) is 23.3. The molecule has 0 atom stereocenters. The number of nitrogens with one attached hydrogen (secondary N) is 1. The Morgan fingerprint density at radius 3 is 2.69 bits per heavy atom. The number of fused-ring (bicyclic) bond motifs is 1. The molecule has 0 bridgehead atoms. The number of nitrogens with zero attached hydrogens (tertiary/aromatic N) is 1. The van der Waals surface area contributed by atoms with Gasteiger partial charge < -0.3 is 18.6 Å². The second-order valence-corrected chi connectivity index (χ2v) is 9.18. The highest BCUT2D eigenvalue weighted by molar-refractivity contribution is 14.1. The minimum atomic E-state index is -0.499. The van der Waals surface area contributed by atoms with Crippen LogP contribution in [0.2, 0.25) is 0 Å². The molecule has 0 aliphatic heterocycles. The van der Waals surface area contributed by atoms with Crippen LogP contribution in [0.15, 0.2) is 48.8 Å². The van der Waals surface area contributed by atoms with Gasteiger partial charge in [0.1, 0.15) is 5.58 Å². The Bertz CT molecular complexity index is 1190. The number of carbonyl (C=O) groups excluding carboxylic acids is 2. The molecule has 11 heteroatoms. The van der Waals surface area contributed by atoms with Crippen LogP contribution in [-0.4, -0.2) is 38.4 Å². The van der Waals surface area contributed by atoms with Crippen LogP contribution in [0.4, 0.5) is 0 Å². The normalized spacial score (nSPS) is 11.0. The van der Waals surface area contributed by atoms with E-state index in [0.29, 0.717) is 32.8 Å². The van der Waals surface area contributed by atoms with E-state index in [4.69, 9.17) is 13.9 Å². The number of hydrogen-bond acceptors (Lipinski definition) is 7. The number of carbonyl (C=O) groups is 2. The van der Waals surface area contributed by atoms with E-state index >= 15 is 0 Å². The van der Waals surface area contributed by atoms with Gasteiger partial charge in [-0.15, -0.1) is 0 Å². The minimum Gasteiger partial charge on any atom is -0.490 e. The number of furan rings is 1. The maximum atomic E-state index is 12.4. The van der Waals surface area contributed by atoms with Gasteiger partial charge in [-0.3, -0.25) is 4.79 Å². The van der Waals surface area contributed by atoms with Crippen molar-refractivity contribution in [3.63, 3.8) is 0 Å². The van der Waals surface area contributed by atoms with Crippen LogP contribution in [0.3, 0.4) is 0 Å². The molecule has 0 fully saturated rings. The van der Waals surface area contributed by atoms with E-state index in [1.165, 1.54) is 13.3 Å². The topological polar surface area (TPSA) is 99.4 Å². The summed E-state index contributed by atoms with van der Waals surface area (Å²) in [5.74, 6) is 0.0220. The van der Waals surface area contributed by atoms with Crippen molar-refractivity contribution in [1.82, 2.24) is 5.43 Å². The van der Waals surface area contributed by atoms with Gasteiger partial charge >= 0.3 is 11.9 Å². The summed E-state index contributed by atoms with van der Waals surface area (Å²) in [6, 6.07) is 8.80. The van der Waals surface area contributed by atoms with Crippen molar-refractivity contribution in [3.8, 4) is 11.5 Å². The van der Waals surface area contributed by atoms with E-state index in [1.807, 2.05) is 19.1 Å². The van der Waals surface area contributed by atoms with E-state index in [0.717, 1.165) is 14.3 Å². The fourth-order valence-corrected chi connectivity index (χ4v) is 4.78. The Kier molecular flexibility index (Phi) is 8.54. The number of rotatable bonds is 8. The van der Waals surface area contributed by atoms with Gasteiger partial charge in [0.25, 0.3) is 0 Å². The molecule has 8 nitrogen and oxygen atoms in total. The average Bonchev–Trinajstić information content (AvgIpc) is 3.17. The summed E-state index contributed by atoms with van der Waals surface area (Å²) >= 11 is 8.89. The van der Waals surface area contributed by atoms with Crippen molar-refractivity contribution in [1.29, 1.82) is 0 Å². The second-order valence-electron chi connectivity index (χ2n) is 6.24. The first-order valence-electron chi connectivity index (χ1n) is 9.20. The molecule has 168 valence electrons. The molecule has 1 N–H and O–H groups in total. The molecule has 0 aliphatic carbocycles. The van der Waals surface area contributed by atoms with E-state index in [1.54, 1.807) is 18.2 Å². The van der Waals surface area contributed by atoms with Crippen molar-refractivity contribution in [2.75, 3.05) is 20.3 Å². The largest absolute Gasteiger partial charge is 0.490 e. The molecule has 0 radical (unpaired) electrons. The molecule has 0 saturated carbocycles. The SMILES string of the molecule is CCOc1cc(/C=N\NC(=O)c2cc3cc(Br)cc(Br)c3o2)cc(I)c1OCC(=O)OC. The zero-order valence-electron chi connectivity index (χ0n) is 16.9. The third-order valence-electron chi connectivity index (χ3n) is 4.03. The lowest BCUT2D eigenvalue weighted by Gasteiger charge is -2.13. The Morgan fingerprint density at radius 2 is 1.97 bits per heavy atom. The lowest BCUT2D eigenvalue weighted by atomic mass is 10.2. The summed E-state index contributed by atoms with van der Waals surface area (Å²) in [6.45, 7) is 2.00. The van der Waals surface area contributed by atoms with Gasteiger partial charge in [-0.1, -0.05) is 15.9 Å². The number of benzene rings is 2. The van der Waals surface area contributed by atoms with Crippen molar-refractivity contribution in [2.24, 2.45) is 5.10 Å². The standard InChI is InChI=1S/C21H17Br2IN2O6/c1-3-30-16-5-11(4-15(24)20(16)31-10-18(27)29-2)9-25-26-21(28)17-7-12-6-13(22)8-14(23)19(12)32-17/h4-9H,3,10H2,1-2H3,(H,26,28)/b25-9-. The zero-order valence-corrected chi connectivity index (χ0v) is 22.2. The molecular formula is C21H17Br2IN2O6. The molecule has 32 heavy (non-hydrogen) atoms. The van der Waals surface area contributed by atoms with Gasteiger partial charge in [0.05, 0.1) is 28.0 Å². The lowest BCUT2D eigenvalue weighted by molar-refractivity contribution is -0.142. The summed E-state index contributed by atoms with van der Waals surface area (Å²) in [5, 5.41) is 4.78. The quantitative estimate of drug-likeness (QED) is 0.151. The number of amides is 1. The smallest absolute Gasteiger partial charge is 0.343 e. The van der Waals surface area contributed by atoms with Crippen LogP contribution in [0.25, 0.3) is 11.0 Å². The fourth-order valence-electron chi connectivity index (χ4n) is 2.66. The molecule has 2 aromatic carbocycles. The van der Waals surface area contributed by atoms with Gasteiger partial charge in [0.2, 0.25) is 0 Å². The third kappa shape index (κ3) is 6.01. The van der Waals surface area contributed by atoms with Crippen LogP contribution in [-0.2, 0) is 9.53 Å². The Hall–Kier alpha value is -2.12. The van der Waals surface area contributed by atoms with Crippen molar-refractivity contribution in [2.45, 2.75) is 6.92 Å². The van der Waals surface area contributed by atoms with Crippen LogP contribution in [0.5, 0.6) is 11.5 Å². The van der Waals surface area contributed by atoms with Crippen LogP contribution in [0.1, 0.15) is 23.0 Å². The number of methoxy groups -OCH3 is 1. The predicted molar refractivity (Wildman–Crippen MR) is 135 cm³/mol. The Balaban J connectivity index is 1.75. The molecular weight excluding hydrogens is 663 g/mol. The van der Waals surface area contributed by atoms with Crippen molar-refractivity contribution >= 4 is 83.5 Å². The van der Waals surface area contributed by atoms with Gasteiger partial charge in [0, 0.05) is 9.86 Å². The van der Waals surface area contributed by atoms with Gasteiger partial charge in [0.15, 0.2) is 23.9 Å². The molecule has 0 spiro atoms. The van der Waals surface area contributed by atoms with Gasteiger partial charge in [-0.25, -0.2) is 10.2 Å². The van der Waals surface area contributed by atoms with Crippen molar-refractivity contribution < 1.29 is 28.2 Å². The molecule has 0 unspecified atom stereocenters. The molecule has 1 heterocycles. The summed E-state index contributed by atoms with van der Waals surface area (Å²) in [6.07, 6.45) is 1.47. The Morgan fingerprint density at radius 1 is 1.19 bits per heavy atom. The fraction of sp³-hybridized carbons (Fsp3) is 0.190. The summed E-state index contributed by atoms with van der Waals surface area (Å²) in [7, 11) is 1.29. The highest BCUT2D eigenvalue weighted by atomic mass is 127. The van der Waals surface area contributed by atoms with Crippen molar-refractivity contribution in [3.05, 3.63) is 54.2 Å². The highest BCUT2D eigenvalue weighted by Gasteiger charge is 2.15. The summed E-state index contributed by atoms with van der Waals surface area (Å²) in [4.78, 5) is 23.8. The predicted octanol–water partition coefficient (Wildman–Crippen LogP) is 5.28. The molecule has 0 saturated heterocycles. The number of hydrogen-bond donors (Lipinski definition) is 1. The molecule has 0 aliphatic rings. The summed E-state index contributed by atoms with van der Waals surface area (Å²) in [5.41, 5.74) is 3.69. The van der Waals surface area contributed by atoms with Crippen LogP contribution in [0, 0.1) is 3.57 Å². The maximum absolute atomic E-state index is 12.4. The first kappa shape index (κ1) is 24.5. The number of hydrazone groups is 1. The Labute approximate surface area is 214 Å². The maximum Gasteiger partial charge on any atom is 0.343 e. The number of halogens is 3. The summed E-state index contributed by atoms with van der Waals surface area (Å²) < 4.78 is 23.7. The van der Waals surface area contributed by atoms with E-state index in [2.05, 4.69) is 69.7 Å². The third-order valence-corrected chi connectivity index (χ3v) is 5.88. The monoisotopic (exact) mass is 678 g/mol. The second kappa shape index (κ2) is 11.1. The molecule has 3 aromatic rings. The number of ether oxygens (including phenoxy) is 3. The van der Waals surface area contributed by atoms with E-state index in [9.17, 15) is 9.59 Å².